The number of nitrogens with two attached hydrogens (primary N) is 1. The van der Waals surface area contributed by atoms with Crippen molar-refractivity contribution < 1.29 is 9.52 Å². The van der Waals surface area contributed by atoms with Crippen molar-refractivity contribution in [2.75, 3.05) is 18.3 Å². The fourth-order valence-corrected chi connectivity index (χ4v) is 3.30. The Bertz CT molecular complexity index is 1040. The highest BCUT2D eigenvalue weighted by Gasteiger charge is 2.36. The minimum atomic E-state index is -0.185. The number of aromatic nitrogens is 4. The molecule has 0 atom stereocenters. The summed E-state index contributed by atoms with van der Waals surface area (Å²) in [4.78, 5) is 21.9. The predicted molar refractivity (Wildman–Crippen MR) is 88.7 cm³/mol. The van der Waals surface area contributed by atoms with E-state index in [1.54, 1.807) is 21.5 Å². The summed E-state index contributed by atoms with van der Waals surface area (Å²) in [6.07, 6.45) is 3.45. The number of hydrazine groups is 1. The van der Waals surface area contributed by atoms with Crippen LogP contribution in [0.25, 0.3) is 5.78 Å². The number of hydrogen-bond donors (Lipinski definition) is 2. The van der Waals surface area contributed by atoms with Crippen molar-refractivity contribution in [2.24, 2.45) is 10.8 Å². The van der Waals surface area contributed by atoms with E-state index in [2.05, 4.69) is 9.98 Å². The Balaban J connectivity index is 1.85. The summed E-state index contributed by atoms with van der Waals surface area (Å²) in [7, 11) is 0. The third kappa shape index (κ3) is 1.94. The minimum absolute atomic E-state index is 0.124. The van der Waals surface area contributed by atoms with Crippen LogP contribution in [0.2, 0.25) is 0 Å². The van der Waals surface area contributed by atoms with Crippen LogP contribution in [0, 0.1) is 0 Å². The van der Waals surface area contributed by atoms with Crippen molar-refractivity contribution in [3.8, 4) is 0 Å². The summed E-state index contributed by atoms with van der Waals surface area (Å²) in [5.41, 5.74) is 1.07. The maximum Gasteiger partial charge on any atom is 0.346 e. The second-order valence-electron chi connectivity index (χ2n) is 6.22. The molecular weight excluding hydrogens is 326 g/mol. The first kappa shape index (κ1) is 14.5. The van der Waals surface area contributed by atoms with Crippen molar-refractivity contribution in [1.29, 1.82) is 0 Å². The van der Waals surface area contributed by atoms with Gasteiger partial charge in [-0.2, -0.15) is 4.98 Å². The average Bonchev–Trinajstić information content (AvgIpc) is 3.05. The molecule has 3 N–H and O–H groups in total. The van der Waals surface area contributed by atoms with Gasteiger partial charge < -0.3 is 9.52 Å². The van der Waals surface area contributed by atoms with E-state index in [9.17, 15) is 9.90 Å². The quantitative estimate of drug-likeness (QED) is 0.628. The van der Waals surface area contributed by atoms with Gasteiger partial charge in [0.25, 0.3) is 0 Å². The summed E-state index contributed by atoms with van der Waals surface area (Å²) in [5.74, 6) is 7.65. The molecule has 25 heavy (non-hydrogen) atoms. The van der Waals surface area contributed by atoms with E-state index < -0.39 is 0 Å². The van der Waals surface area contributed by atoms with E-state index in [0.29, 0.717) is 28.8 Å². The van der Waals surface area contributed by atoms with E-state index in [1.165, 1.54) is 9.58 Å². The van der Waals surface area contributed by atoms with Gasteiger partial charge in [0.15, 0.2) is 11.6 Å². The monoisotopic (exact) mass is 343 g/mol. The molecule has 10 heteroatoms. The maximum atomic E-state index is 12.8. The summed E-state index contributed by atoms with van der Waals surface area (Å²) in [5, 5.41) is 10.8. The Morgan fingerprint density at radius 2 is 2.24 bits per heavy atom. The van der Waals surface area contributed by atoms with E-state index >= 15 is 0 Å². The molecule has 1 fully saturated rings. The largest absolute Gasteiger partial charge is 0.463 e. The number of aliphatic imine (C=N–C) groups is 1. The van der Waals surface area contributed by atoms with Gasteiger partial charge in [0, 0.05) is 0 Å². The highest BCUT2D eigenvalue weighted by atomic mass is 16.3. The first-order valence-corrected chi connectivity index (χ1v) is 8.16. The molecule has 3 aromatic heterocycles. The molecular formula is C15H17N7O3. The number of aliphatic hydroxyl groups is 1. The molecule has 1 aliphatic heterocycles. The molecule has 5 rings (SSSR count). The van der Waals surface area contributed by atoms with Crippen LogP contribution in [0.1, 0.15) is 30.3 Å². The Labute approximate surface area is 141 Å². The van der Waals surface area contributed by atoms with E-state index in [-0.39, 0.29) is 31.6 Å². The zero-order valence-corrected chi connectivity index (χ0v) is 13.4. The number of rotatable bonds is 4. The van der Waals surface area contributed by atoms with Gasteiger partial charge in [0.2, 0.25) is 5.78 Å². The number of furan rings is 1. The lowest BCUT2D eigenvalue weighted by Crippen LogP contribution is -2.37. The Kier molecular flexibility index (Phi) is 2.94. The fourth-order valence-electron chi connectivity index (χ4n) is 3.30. The first-order chi connectivity index (χ1) is 12.2. The third-order valence-electron chi connectivity index (χ3n) is 4.55. The van der Waals surface area contributed by atoms with Gasteiger partial charge in [-0.15, -0.1) is 0 Å². The van der Waals surface area contributed by atoms with Crippen LogP contribution in [0.5, 0.6) is 0 Å². The molecule has 0 bridgehead atoms. The lowest BCUT2D eigenvalue weighted by Gasteiger charge is -2.21. The molecule has 0 saturated heterocycles. The predicted octanol–water partition coefficient (Wildman–Crippen LogP) is -0.294. The Morgan fingerprint density at radius 1 is 1.40 bits per heavy atom. The Morgan fingerprint density at radius 3 is 2.92 bits per heavy atom. The van der Waals surface area contributed by atoms with Crippen LogP contribution < -0.4 is 16.5 Å². The highest BCUT2D eigenvalue weighted by Crippen LogP contribution is 2.36. The topological polar surface area (TPSA) is 119 Å². The molecule has 10 nitrogen and oxygen atoms in total. The van der Waals surface area contributed by atoms with E-state index in [4.69, 9.17) is 10.3 Å². The lowest BCUT2D eigenvalue weighted by molar-refractivity contribution is 0.275. The maximum absolute atomic E-state index is 12.8. The third-order valence-corrected chi connectivity index (χ3v) is 4.55. The van der Waals surface area contributed by atoms with Gasteiger partial charge in [-0.05, 0) is 25.0 Å². The number of hydrogen-bond acceptors (Lipinski definition) is 7. The molecule has 2 aliphatic rings. The normalized spacial score (nSPS) is 17.2. The average molecular weight is 343 g/mol. The van der Waals surface area contributed by atoms with Gasteiger partial charge in [0.1, 0.15) is 18.1 Å². The van der Waals surface area contributed by atoms with Crippen LogP contribution in [0.4, 0.5) is 5.82 Å². The molecule has 1 saturated carbocycles. The molecule has 4 heterocycles. The molecule has 0 spiro atoms. The van der Waals surface area contributed by atoms with Crippen LogP contribution in [-0.2, 0) is 6.54 Å². The fraction of sp³-hybridized carbons (Fsp3) is 0.400. The van der Waals surface area contributed by atoms with Crippen LogP contribution in [0.15, 0.2) is 32.6 Å². The second kappa shape index (κ2) is 5.07. The smallest absolute Gasteiger partial charge is 0.346 e. The SMILES string of the molecule is NN1CN=C(c2ccco2)c2c1nc1n(CCO)c(=O)n(C3CC3)n21. The molecule has 130 valence electrons. The van der Waals surface area contributed by atoms with Crippen molar-refractivity contribution in [3.63, 3.8) is 0 Å². The van der Waals surface area contributed by atoms with Crippen LogP contribution in [0.3, 0.4) is 0 Å². The van der Waals surface area contributed by atoms with Gasteiger partial charge in [-0.25, -0.2) is 19.8 Å². The standard InChI is InChI=1S/C15H17N7O3/c16-20-8-17-11(10-2-1-7-25-10)12-13(20)18-14-19(5-6-23)15(24)21(22(12)14)9-3-4-9/h1-2,7,9,23H,3-6,8,16H2. The van der Waals surface area contributed by atoms with Crippen molar-refractivity contribution >= 4 is 17.3 Å². The van der Waals surface area contributed by atoms with Gasteiger partial charge >= 0.3 is 5.69 Å². The summed E-state index contributed by atoms with van der Waals surface area (Å²) < 4.78 is 10.5. The van der Waals surface area contributed by atoms with Crippen molar-refractivity contribution in [3.05, 3.63) is 40.3 Å². The van der Waals surface area contributed by atoms with Crippen LogP contribution >= 0.6 is 0 Å². The lowest BCUT2D eigenvalue weighted by atomic mass is 10.2. The van der Waals surface area contributed by atoms with Crippen molar-refractivity contribution in [2.45, 2.75) is 25.4 Å². The summed E-state index contributed by atoms with van der Waals surface area (Å²) >= 11 is 0. The molecule has 1 aliphatic carbocycles. The zero-order valence-electron chi connectivity index (χ0n) is 13.4. The molecule has 0 amide bonds. The molecule has 0 radical (unpaired) electrons. The highest BCUT2D eigenvalue weighted by molar-refractivity contribution is 6.14. The van der Waals surface area contributed by atoms with Gasteiger partial charge in [-0.3, -0.25) is 14.6 Å². The number of anilines is 1. The minimum Gasteiger partial charge on any atom is -0.463 e. The summed E-state index contributed by atoms with van der Waals surface area (Å²) in [6.45, 7) is 0.278. The number of nitrogens with zero attached hydrogens (tertiary/aromatic N) is 6. The van der Waals surface area contributed by atoms with Gasteiger partial charge in [0.05, 0.1) is 25.5 Å². The number of aliphatic hydroxyl groups excluding tert-OH is 1. The number of imidazole rings is 1. The van der Waals surface area contributed by atoms with E-state index in [0.717, 1.165) is 12.8 Å². The number of fused-ring (bicyclic) bond motifs is 3. The molecule has 0 unspecified atom stereocenters. The van der Waals surface area contributed by atoms with Crippen LogP contribution in [-0.4, -0.2) is 42.8 Å². The second-order valence-corrected chi connectivity index (χ2v) is 6.22. The molecule has 3 aromatic rings. The zero-order chi connectivity index (χ0) is 17.1. The van der Waals surface area contributed by atoms with E-state index in [1.807, 2.05) is 6.07 Å². The Hall–Kier alpha value is -2.85. The molecule has 0 aromatic carbocycles. The first-order valence-electron chi connectivity index (χ1n) is 8.16. The summed E-state index contributed by atoms with van der Waals surface area (Å²) in [6, 6.07) is 3.73. The van der Waals surface area contributed by atoms with Crippen molar-refractivity contribution in [1.82, 2.24) is 18.7 Å². The van der Waals surface area contributed by atoms with Gasteiger partial charge in [-0.1, -0.05) is 0 Å².